The molecular weight excluding hydrogens is 224 g/mol. The van der Waals surface area contributed by atoms with Crippen LogP contribution in [0, 0.1) is 6.92 Å². The van der Waals surface area contributed by atoms with E-state index in [9.17, 15) is 0 Å². The van der Waals surface area contributed by atoms with Crippen molar-refractivity contribution in [1.29, 1.82) is 0 Å². The Kier molecular flexibility index (Phi) is 2.32. The molecule has 0 aromatic carbocycles. The Morgan fingerprint density at radius 3 is 2.81 bits per heavy atom. The van der Waals surface area contributed by atoms with Crippen molar-refractivity contribution in [2.45, 2.75) is 38.6 Å². The Hall–Kier alpha value is -1.16. The van der Waals surface area contributed by atoms with Crippen molar-refractivity contribution in [3.05, 3.63) is 17.2 Å². The number of halogens is 1. The van der Waals surface area contributed by atoms with E-state index in [4.69, 9.17) is 11.6 Å². The van der Waals surface area contributed by atoms with E-state index in [0.717, 1.165) is 11.0 Å². The number of hydrogen-bond donors (Lipinski definition) is 0. The molecule has 0 N–H and O–H groups in total. The standard InChI is InChI=1S/C11H13ClN4/c1-7-14-10(12)9-6-13-16(11(9)15-7)8-4-2-3-5-8/h6,8H,2-5H2,1H3. The van der Waals surface area contributed by atoms with Crippen molar-refractivity contribution in [3.63, 3.8) is 0 Å². The van der Waals surface area contributed by atoms with Crippen LogP contribution < -0.4 is 0 Å². The molecule has 2 aromatic heterocycles. The maximum Gasteiger partial charge on any atom is 0.163 e. The van der Waals surface area contributed by atoms with Crippen molar-refractivity contribution in [1.82, 2.24) is 19.7 Å². The number of hydrogen-bond acceptors (Lipinski definition) is 3. The lowest BCUT2D eigenvalue weighted by molar-refractivity contribution is 0.478. The summed E-state index contributed by atoms with van der Waals surface area (Å²) in [5.74, 6) is 0.706. The van der Waals surface area contributed by atoms with Crippen molar-refractivity contribution in [2.24, 2.45) is 0 Å². The predicted molar refractivity (Wildman–Crippen MR) is 62.6 cm³/mol. The Balaban J connectivity index is 2.18. The van der Waals surface area contributed by atoms with E-state index in [-0.39, 0.29) is 0 Å². The molecule has 0 atom stereocenters. The molecule has 1 fully saturated rings. The van der Waals surface area contributed by atoms with Gasteiger partial charge in [0.1, 0.15) is 11.0 Å². The summed E-state index contributed by atoms with van der Waals surface area (Å²) in [4.78, 5) is 8.59. The van der Waals surface area contributed by atoms with Gasteiger partial charge in [-0.25, -0.2) is 14.6 Å². The van der Waals surface area contributed by atoms with Crippen LogP contribution >= 0.6 is 11.6 Å². The molecule has 5 heteroatoms. The molecule has 2 heterocycles. The molecule has 0 unspecified atom stereocenters. The second-order valence-corrected chi connectivity index (χ2v) is 4.68. The number of aromatic nitrogens is 4. The summed E-state index contributed by atoms with van der Waals surface area (Å²) in [7, 11) is 0. The van der Waals surface area contributed by atoms with Crippen LogP contribution in [0.15, 0.2) is 6.20 Å². The Bertz CT molecular complexity index is 528. The molecule has 3 rings (SSSR count). The molecule has 0 radical (unpaired) electrons. The highest BCUT2D eigenvalue weighted by molar-refractivity contribution is 6.33. The minimum Gasteiger partial charge on any atom is -0.244 e. The van der Waals surface area contributed by atoms with Crippen LogP contribution in [0.25, 0.3) is 11.0 Å². The van der Waals surface area contributed by atoms with Gasteiger partial charge in [-0.15, -0.1) is 0 Å². The molecule has 0 saturated heterocycles. The Labute approximate surface area is 98.6 Å². The van der Waals surface area contributed by atoms with E-state index in [2.05, 4.69) is 15.1 Å². The second kappa shape index (κ2) is 3.70. The van der Waals surface area contributed by atoms with Crippen LogP contribution in [0.3, 0.4) is 0 Å². The zero-order chi connectivity index (χ0) is 11.1. The third-order valence-corrected chi connectivity index (χ3v) is 3.48. The molecule has 4 nitrogen and oxygen atoms in total. The van der Waals surface area contributed by atoms with Gasteiger partial charge in [0, 0.05) is 0 Å². The molecule has 1 saturated carbocycles. The number of rotatable bonds is 1. The highest BCUT2D eigenvalue weighted by Gasteiger charge is 2.21. The maximum absolute atomic E-state index is 6.08. The lowest BCUT2D eigenvalue weighted by Gasteiger charge is -2.10. The van der Waals surface area contributed by atoms with Gasteiger partial charge in [-0.3, -0.25) is 0 Å². The summed E-state index contributed by atoms with van der Waals surface area (Å²) in [5, 5.41) is 5.78. The molecule has 1 aliphatic rings. The normalized spacial score (nSPS) is 17.4. The highest BCUT2D eigenvalue weighted by atomic mass is 35.5. The average Bonchev–Trinajstić information content (AvgIpc) is 2.83. The number of fused-ring (bicyclic) bond motifs is 1. The van der Waals surface area contributed by atoms with Gasteiger partial charge < -0.3 is 0 Å². The van der Waals surface area contributed by atoms with Crippen molar-refractivity contribution in [2.75, 3.05) is 0 Å². The quantitative estimate of drug-likeness (QED) is 0.715. The van der Waals surface area contributed by atoms with E-state index in [1.54, 1.807) is 6.20 Å². The zero-order valence-corrected chi connectivity index (χ0v) is 9.91. The molecule has 16 heavy (non-hydrogen) atoms. The fourth-order valence-electron chi connectivity index (χ4n) is 2.41. The summed E-state index contributed by atoms with van der Waals surface area (Å²) >= 11 is 6.08. The summed E-state index contributed by atoms with van der Waals surface area (Å²) in [6.07, 6.45) is 6.72. The first kappa shape index (κ1) is 10.0. The summed E-state index contributed by atoms with van der Waals surface area (Å²) < 4.78 is 2.02. The first-order valence-electron chi connectivity index (χ1n) is 5.63. The van der Waals surface area contributed by atoms with E-state index in [1.165, 1.54) is 25.7 Å². The van der Waals surface area contributed by atoms with Gasteiger partial charge in [0.15, 0.2) is 5.65 Å². The van der Waals surface area contributed by atoms with Gasteiger partial charge >= 0.3 is 0 Å². The minimum absolute atomic E-state index is 0.489. The SMILES string of the molecule is Cc1nc(Cl)c2cnn(C3CCCC3)c2n1. The van der Waals surface area contributed by atoms with Crippen LogP contribution in [0.4, 0.5) is 0 Å². The van der Waals surface area contributed by atoms with Gasteiger partial charge in [0.05, 0.1) is 17.6 Å². The van der Waals surface area contributed by atoms with Crippen LogP contribution in [-0.2, 0) is 0 Å². The monoisotopic (exact) mass is 236 g/mol. The summed E-state index contributed by atoms with van der Waals surface area (Å²) in [6.45, 7) is 1.86. The molecule has 2 aromatic rings. The topological polar surface area (TPSA) is 43.6 Å². The third-order valence-electron chi connectivity index (χ3n) is 3.19. The molecule has 0 bridgehead atoms. The van der Waals surface area contributed by atoms with E-state index < -0.39 is 0 Å². The number of aryl methyl sites for hydroxylation is 1. The predicted octanol–water partition coefficient (Wildman–Crippen LogP) is 2.90. The first-order chi connectivity index (χ1) is 7.75. The molecular formula is C11H13ClN4. The lowest BCUT2D eigenvalue weighted by Crippen LogP contribution is -2.07. The van der Waals surface area contributed by atoms with Crippen LogP contribution in [-0.4, -0.2) is 19.7 Å². The Morgan fingerprint density at radius 1 is 1.31 bits per heavy atom. The fourth-order valence-corrected chi connectivity index (χ4v) is 2.66. The zero-order valence-electron chi connectivity index (χ0n) is 9.15. The maximum atomic E-state index is 6.08. The third kappa shape index (κ3) is 1.48. The largest absolute Gasteiger partial charge is 0.244 e. The van der Waals surface area contributed by atoms with Gasteiger partial charge in [0.25, 0.3) is 0 Å². The second-order valence-electron chi connectivity index (χ2n) is 4.33. The minimum atomic E-state index is 0.489. The first-order valence-corrected chi connectivity index (χ1v) is 6.01. The molecule has 1 aliphatic carbocycles. The van der Waals surface area contributed by atoms with Crippen LogP contribution in [0.2, 0.25) is 5.15 Å². The van der Waals surface area contributed by atoms with Crippen molar-refractivity contribution in [3.8, 4) is 0 Å². The molecule has 0 aliphatic heterocycles. The van der Waals surface area contributed by atoms with Gasteiger partial charge in [-0.1, -0.05) is 24.4 Å². The smallest absolute Gasteiger partial charge is 0.163 e. The Morgan fingerprint density at radius 2 is 2.06 bits per heavy atom. The van der Waals surface area contributed by atoms with Gasteiger partial charge in [-0.2, -0.15) is 5.10 Å². The average molecular weight is 237 g/mol. The summed E-state index contributed by atoms with van der Waals surface area (Å²) in [5.41, 5.74) is 0.879. The van der Waals surface area contributed by atoms with Crippen LogP contribution in [0.5, 0.6) is 0 Å². The van der Waals surface area contributed by atoms with Crippen molar-refractivity contribution >= 4 is 22.6 Å². The van der Waals surface area contributed by atoms with Crippen molar-refractivity contribution < 1.29 is 0 Å². The summed E-state index contributed by atoms with van der Waals surface area (Å²) in [6, 6.07) is 0.489. The molecule has 0 amide bonds. The van der Waals surface area contributed by atoms with E-state index >= 15 is 0 Å². The van der Waals surface area contributed by atoms with Gasteiger partial charge in [-0.05, 0) is 19.8 Å². The lowest BCUT2D eigenvalue weighted by atomic mass is 10.2. The van der Waals surface area contributed by atoms with E-state index in [0.29, 0.717) is 17.0 Å². The van der Waals surface area contributed by atoms with Gasteiger partial charge in [0.2, 0.25) is 0 Å². The molecule has 84 valence electrons. The molecule has 0 spiro atoms. The fraction of sp³-hybridized carbons (Fsp3) is 0.545. The number of nitrogens with zero attached hydrogens (tertiary/aromatic N) is 4. The van der Waals surface area contributed by atoms with E-state index in [1.807, 2.05) is 11.6 Å². The highest BCUT2D eigenvalue weighted by Crippen LogP contribution is 2.32. The van der Waals surface area contributed by atoms with Crippen LogP contribution in [0.1, 0.15) is 37.5 Å².